The molecule has 0 spiro atoms. The molecular weight excluding hydrogens is 366 g/mol. The van der Waals surface area contributed by atoms with Gasteiger partial charge in [-0.3, -0.25) is 9.78 Å². The number of hydrogen-bond acceptors (Lipinski definition) is 5. The van der Waals surface area contributed by atoms with Gasteiger partial charge in [0.2, 0.25) is 0 Å². The highest BCUT2D eigenvalue weighted by Gasteiger charge is 2.65. The van der Waals surface area contributed by atoms with Crippen molar-refractivity contribution in [3.63, 3.8) is 0 Å². The summed E-state index contributed by atoms with van der Waals surface area (Å²) in [5.41, 5.74) is 0.511. The molecule has 158 valence electrons. The van der Waals surface area contributed by atoms with E-state index in [4.69, 9.17) is 9.47 Å². The number of esters is 1. The first-order chi connectivity index (χ1) is 13.8. The van der Waals surface area contributed by atoms with Crippen molar-refractivity contribution in [1.29, 1.82) is 0 Å². The molecule has 1 aromatic rings. The van der Waals surface area contributed by atoms with E-state index in [1.54, 1.807) is 12.4 Å². The minimum atomic E-state index is -0.709. The van der Waals surface area contributed by atoms with Gasteiger partial charge in [0.1, 0.15) is 12.0 Å². The molecule has 5 rings (SSSR count). The molecule has 0 radical (unpaired) electrons. The summed E-state index contributed by atoms with van der Waals surface area (Å²) in [6.07, 6.45) is 8.33. The van der Waals surface area contributed by atoms with Gasteiger partial charge in [-0.25, -0.2) is 0 Å². The largest absolute Gasteiger partial charge is 0.457 e. The number of nitrogens with zero attached hydrogens (tertiary/aromatic N) is 1. The van der Waals surface area contributed by atoms with Crippen LogP contribution in [0.3, 0.4) is 0 Å². The van der Waals surface area contributed by atoms with Gasteiger partial charge in [-0.2, -0.15) is 0 Å². The lowest BCUT2D eigenvalue weighted by Crippen LogP contribution is -2.68. The zero-order valence-electron chi connectivity index (χ0n) is 17.7. The molecule has 4 aliphatic rings. The van der Waals surface area contributed by atoms with Crippen LogP contribution in [0.5, 0.6) is 0 Å². The zero-order chi connectivity index (χ0) is 20.4. The van der Waals surface area contributed by atoms with Crippen LogP contribution in [0.1, 0.15) is 71.0 Å². The van der Waals surface area contributed by atoms with E-state index in [0.717, 1.165) is 24.8 Å². The van der Waals surface area contributed by atoms with Crippen molar-refractivity contribution in [3.8, 4) is 0 Å². The average Bonchev–Trinajstić information content (AvgIpc) is 2.67. The Morgan fingerprint density at radius 1 is 1.24 bits per heavy atom. The van der Waals surface area contributed by atoms with Crippen LogP contribution in [0.25, 0.3) is 0 Å². The topological polar surface area (TPSA) is 68.7 Å². The highest BCUT2D eigenvalue weighted by molar-refractivity contribution is 5.75. The fourth-order valence-corrected chi connectivity index (χ4v) is 7.60. The Labute approximate surface area is 173 Å². The second-order valence-corrected chi connectivity index (χ2v) is 10.4. The van der Waals surface area contributed by atoms with E-state index in [2.05, 4.69) is 25.8 Å². The third kappa shape index (κ3) is 2.88. The van der Waals surface area contributed by atoms with Gasteiger partial charge < -0.3 is 14.6 Å². The highest BCUT2D eigenvalue weighted by Crippen LogP contribution is 2.63. The smallest absolute Gasteiger partial charge is 0.314 e. The van der Waals surface area contributed by atoms with Crippen molar-refractivity contribution in [3.05, 3.63) is 30.1 Å². The first-order valence-corrected chi connectivity index (χ1v) is 11.3. The molecule has 0 aromatic carbocycles. The molecule has 0 amide bonds. The maximum Gasteiger partial charge on any atom is 0.314 e. The van der Waals surface area contributed by atoms with E-state index in [9.17, 15) is 9.90 Å². The fourth-order valence-electron chi connectivity index (χ4n) is 7.60. The van der Waals surface area contributed by atoms with Gasteiger partial charge in [0, 0.05) is 30.3 Å². The molecule has 4 fully saturated rings. The van der Waals surface area contributed by atoms with Crippen LogP contribution in [0, 0.1) is 29.1 Å². The van der Waals surface area contributed by atoms with Gasteiger partial charge in [-0.1, -0.05) is 32.8 Å². The van der Waals surface area contributed by atoms with Crippen LogP contribution >= 0.6 is 0 Å². The summed E-state index contributed by atoms with van der Waals surface area (Å²) in [4.78, 5) is 17.2. The molecule has 2 saturated carbocycles. The lowest BCUT2D eigenvalue weighted by atomic mass is 9.46. The zero-order valence-corrected chi connectivity index (χ0v) is 17.7. The quantitative estimate of drug-likeness (QED) is 0.722. The third-order valence-electron chi connectivity index (χ3n) is 8.79. The summed E-state index contributed by atoms with van der Waals surface area (Å²) in [5, 5.41) is 11.6. The van der Waals surface area contributed by atoms with Gasteiger partial charge in [0.05, 0.1) is 17.8 Å². The predicted octanol–water partition coefficient (Wildman–Crippen LogP) is 4.06. The lowest BCUT2D eigenvalue weighted by molar-refractivity contribution is -0.294. The molecule has 2 aliphatic carbocycles. The number of rotatable bonds is 1. The number of ether oxygens (including phenoxy) is 2. The van der Waals surface area contributed by atoms with Crippen molar-refractivity contribution in [2.45, 2.75) is 83.2 Å². The molecule has 8 unspecified atom stereocenters. The van der Waals surface area contributed by atoms with Crippen molar-refractivity contribution < 1.29 is 19.4 Å². The van der Waals surface area contributed by atoms with E-state index in [1.807, 2.05) is 12.1 Å². The molecule has 5 nitrogen and oxygen atoms in total. The van der Waals surface area contributed by atoms with Gasteiger partial charge in [0.15, 0.2) is 0 Å². The number of carbonyl (C=O) groups excluding carboxylic acids is 1. The Morgan fingerprint density at radius 2 is 2.07 bits per heavy atom. The number of hydrogen-bond donors (Lipinski definition) is 1. The van der Waals surface area contributed by atoms with Crippen molar-refractivity contribution in [1.82, 2.24) is 4.98 Å². The summed E-state index contributed by atoms with van der Waals surface area (Å²) in [6.45, 7) is 6.88. The molecule has 5 heteroatoms. The van der Waals surface area contributed by atoms with Gasteiger partial charge in [-0.05, 0) is 49.5 Å². The SMILES string of the molecule is CC1CCCC2(C)C1CCC1(C)OC3CC(c4cccnc4)OC(=O)C3[C@@H](O)C12. The maximum absolute atomic E-state index is 13.0. The molecule has 0 bridgehead atoms. The van der Waals surface area contributed by atoms with Crippen LogP contribution in [-0.4, -0.2) is 33.9 Å². The summed E-state index contributed by atoms with van der Waals surface area (Å²) in [5.74, 6) is 0.316. The standard InChI is InChI=1S/C24H33NO4/c1-14-6-4-9-23(2)16(14)8-10-24(3)21(23)20(26)19-18(29-24)12-17(28-22(19)27)15-7-5-11-25-13-15/h5,7,11,13-14,16-21,26H,4,6,8-10,12H2,1-3H3/t14?,16?,17?,18?,19?,20-,21?,23?,24?/m1/s1. The Kier molecular flexibility index (Phi) is 4.56. The molecule has 2 aliphatic heterocycles. The lowest BCUT2D eigenvalue weighted by Gasteiger charge is -2.64. The molecule has 1 N–H and O–H groups in total. The third-order valence-corrected chi connectivity index (χ3v) is 8.79. The molecule has 1 aromatic heterocycles. The summed E-state index contributed by atoms with van der Waals surface area (Å²) >= 11 is 0. The number of aliphatic hydroxyl groups is 1. The average molecular weight is 400 g/mol. The van der Waals surface area contributed by atoms with Crippen LogP contribution in [0.4, 0.5) is 0 Å². The fraction of sp³-hybridized carbons (Fsp3) is 0.750. The number of aliphatic hydroxyl groups excluding tert-OH is 1. The van der Waals surface area contributed by atoms with E-state index in [0.29, 0.717) is 18.3 Å². The number of fused-ring (bicyclic) bond motifs is 4. The van der Waals surface area contributed by atoms with Crippen LogP contribution in [-0.2, 0) is 14.3 Å². The first-order valence-electron chi connectivity index (χ1n) is 11.3. The first kappa shape index (κ1) is 19.5. The molecule has 29 heavy (non-hydrogen) atoms. The Balaban J connectivity index is 1.47. The number of carbonyl (C=O) groups is 1. The molecular formula is C24H33NO4. The van der Waals surface area contributed by atoms with Crippen LogP contribution < -0.4 is 0 Å². The monoisotopic (exact) mass is 399 g/mol. The van der Waals surface area contributed by atoms with Crippen LogP contribution in [0.15, 0.2) is 24.5 Å². The van der Waals surface area contributed by atoms with E-state index < -0.39 is 12.0 Å². The maximum atomic E-state index is 13.0. The Hall–Kier alpha value is -1.46. The van der Waals surface area contributed by atoms with Gasteiger partial charge in [0.25, 0.3) is 0 Å². The van der Waals surface area contributed by atoms with Crippen LogP contribution in [0.2, 0.25) is 0 Å². The molecule has 2 saturated heterocycles. The van der Waals surface area contributed by atoms with E-state index in [1.165, 1.54) is 12.8 Å². The summed E-state index contributed by atoms with van der Waals surface area (Å²) in [6, 6.07) is 3.79. The van der Waals surface area contributed by atoms with Gasteiger partial charge in [-0.15, -0.1) is 0 Å². The predicted molar refractivity (Wildman–Crippen MR) is 108 cm³/mol. The Bertz CT molecular complexity index is 784. The number of aromatic nitrogens is 1. The second kappa shape index (κ2) is 6.78. The highest BCUT2D eigenvalue weighted by atomic mass is 16.6. The van der Waals surface area contributed by atoms with Crippen molar-refractivity contribution in [2.24, 2.45) is 29.1 Å². The minimum Gasteiger partial charge on any atom is -0.457 e. The second-order valence-electron chi connectivity index (χ2n) is 10.4. The Morgan fingerprint density at radius 3 is 2.83 bits per heavy atom. The normalized spacial score (nSPS) is 49.4. The molecule has 3 heterocycles. The summed E-state index contributed by atoms with van der Waals surface area (Å²) < 4.78 is 12.5. The summed E-state index contributed by atoms with van der Waals surface area (Å²) in [7, 11) is 0. The minimum absolute atomic E-state index is 0.00946. The van der Waals surface area contributed by atoms with Crippen molar-refractivity contribution in [2.75, 3.05) is 0 Å². The van der Waals surface area contributed by atoms with Crippen molar-refractivity contribution >= 4 is 5.97 Å². The number of cyclic esters (lactones) is 1. The van der Waals surface area contributed by atoms with E-state index in [-0.39, 0.29) is 35.1 Å². The molecule has 9 atom stereocenters. The number of pyridine rings is 1. The van der Waals surface area contributed by atoms with E-state index >= 15 is 0 Å². The van der Waals surface area contributed by atoms with Gasteiger partial charge >= 0.3 is 5.97 Å².